The van der Waals surface area contributed by atoms with E-state index >= 15 is 0 Å². The zero-order valence-corrected chi connectivity index (χ0v) is 14.5. The van der Waals surface area contributed by atoms with Gasteiger partial charge in [-0.15, -0.1) is 5.10 Å². The van der Waals surface area contributed by atoms with Crippen molar-refractivity contribution in [3.63, 3.8) is 0 Å². The van der Waals surface area contributed by atoms with Crippen LogP contribution in [-0.4, -0.2) is 70.1 Å². The first kappa shape index (κ1) is 16.5. The fraction of sp³-hybridized carbons (Fsp3) is 0.438. The highest BCUT2D eigenvalue weighted by Gasteiger charge is 2.17. The predicted molar refractivity (Wildman–Crippen MR) is 94.5 cm³/mol. The molecule has 1 N–H and O–H groups in total. The van der Waals surface area contributed by atoms with Crippen molar-refractivity contribution in [1.82, 2.24) is 35.5 Å². The number of nitrogens with one attached hydrogen (secondary N) is 1. The molecule has 1 saturated heterocycles. The van der Waals surface area contributed by atoms with E-state index in [0.717, 1.165) is 42.9 Å². The van der Waals surface area contributed by atoms with Crippen LogP contribution in [0.15, 0.2) is 24.8 Å². The molecule has 1 aromatic carbocycles. The Kier molecular flexibility index (Phi) is 4.73. The average Bonchev–Trinajstić information content (AvgIpc) is 3.21. The maximum absolute atomic E-state index is 5.87. The molecule has 0 aliphatic carbocycles. The van der Waals surface area contributed by atoms with Crippen molar-refractivity contribution in [2.45, 2.75) is 6.54 Å². The molecular formula is C16H20N8O2. The Hall–Kier alpha value is -3.01. The minimum absolute atomic E-state index is 0.419. The van der Waals surface area contributed by atoms with Gasteiger partial charge in [0.2, 0.25) is 0 Å². The van der Waals surface area contributed by atoms with Crippen LogP contribution < -0.4 is 19.7 Å². The van der Waals surface area contributed by atoms with Gasteiger partial charge >= 0.3 is 0 Å². The van der Waals surface area contributed by atoms with E-state index in [-0.39, 0.29) is 0 Å². The summed E-state index contributed by atoms with van der Waals surface area (Å²) in [6.45, 7) is 4.69. The highest BCUT2D eigenvalue weighted by Crippen LogP contribution is 2.35. The molecule has 10 heteroatoms. The fourth-order valence-corrected chi connectivity index (χ4v) is 2.98. The van der Waals surface area contributed by atoms with Crippen LogP contribution in [0.1, 0.15) is 0 Å². The summed E-state index contributed by atoms with van der Waals surface area (Å²) >= 11 is 0. The molecule has 0 amide bonds. The van der Waals surface area contributed by atoms with Crippen molar-refractivity contribution < 1.29 is 9.47 Å². The van der Waals surface area contributed by atoms with E-state index in [4.69, 9.17) is 9.47 Å². The van der Waals surface area contributed by atoms with E-state index in [9.17, 15) is 0 Å². The highest BCUT2D eigenvalue weighted by molar-refractivity contribution is 5.92. The number of nitrogens with zero attached hydrogens (tertiary/aromatic N) is 7. The minimum Gasteiger partial charge on any atom is -0.493 e. The molecule has 3 aromatic rings. The van der Waals surface area contributed by atoms with E-state index in [0.29, 0.717) is 24.7 Å². The molecule has 2 aromatic heterocycles. The molecule has 1 aliphatic rings. The number of piperazine rings is 1. The molecule has 0 unspecified atom stereocenters. The van der Waals surface area contributed by atoms with Crippen molar-refractivity contribution in [3.8, 4) is 11.5 Å². The summed E-state index contributed by atoms with van der Waals surface area (Å²) in [6, 6.07) is 3.83. The molecule has 136 valence electrons. The Morgan fingerprint density at radius 3 is 2.81 bits per heavy atom. The summed E-state index contributed by atoms with van der Waals surface area (Å²) in [5, 5.41) is 15.3. The second kappa shape index (κ2) is 7.48. The van der Waals surface area contributed by atoms with Gasteiger partial charge in [-0.25, -0.2) is 14.6 Å². The zero-order valence-electron chi connectivity index (χ0n) is 14.5. The van der Waals surface area contributed by atoms with Crippen molar-refractivity contribution >= 4 is 16.7 Å². The first-order valence-corrected chi connectivity index (χ1v) is 8.47. The number of anilines is 1. The van der Waals surface area contributed by atoms with Crippen LogP contribution in [-0.2, 0) is 6.54 Å². The van der Waals surface area contributed by atoms with Gasteiger partial charge in [-0.1, -0.05) is 0 Å². The normalized spacial score (nSPS) is 14.6. The molecule has 10 nitrogen and oxygen atoms in total. The number of hydrogen-bond acceptors (Lipinski definition) is 9. The number of ether oxygens (including phenoxy) is 2. The number of benzene rings is 1. The zero-order chi connectivity index (χ0) is 17.8. The van der Waals surface area contributed by atoms with Crippen molar-refractivity contribution in [2.24, 2.45) is 0 Å². The summed E-state index contributed by atoms with van der Waals surface area (Å²) in [5.74, 6) is 2.22. The fourth-order valence-electron chi connectivity index (χ4n) is 2.98. The molecule has 0 saturated carbocycles. The third-order valence-electron chi connectivity index (χ3n) is 4.29. The van der Waals surface area contributed by atoms with Crippen LogP contribution in [0.5, 0.6) is 11.5 Å². The summed E-state index contributed by atoms with van der Waals surface area (Å²) in [6.07, 6.45) is 3.14. The van der Waals surface area contributed by atoms with E-state index in [1.807, 2.05) is 12.1 Å². The van der Waals surface area contributed by atoms with Gasteiger partial charge in [0.25, 0.3) is 0 Å². The molecule has 1 fully saturated rings. The van der Waals surface area contributed by atoms with Crippen LogP contribution in [0.25, 0.3) is 10.9 Å². The average molecular weight is 356 g/mol. The van der Waals surface area contributed by atoms with Gasteiger partial charge in [-0.05, 0) is 16.5 Å². The number of hydrogen-bond donors (Lipinski definition) is 1. The third-order valence-corrected chi connectivity index (χ3v) is 4.29. The second-order valence-electron chi connectivity index (χ2n) is 5.88. The Morgan fingerprint density at radius 1 is 1.15 bits per heavy atom. The number of aromatic nitrogens is 6. The molecular weight excluding hydrogens is 336 g/mol. The Balaban J connectivity index is 1.60. The van der Waals surface area contributed by atoms with Gasteiger partial charge in [-0.3, -0.25) is 0 Å². The van der Waals surface area contributed by atoms with Gasteiger partial charge in [-0.2, -0.15) is 0 Å². The SMILES string of the molecule is COc1cc2c(N3CCNCC3)ncnc2cc1OCCn1cnnn1. The number of tetrazole rings is 1. The molecule has 0 radical (unpaired) electrons. The van der Waals surface area contributed by atoms with E-state index < -0.39 is 0 Å². The van der Waals surface area contributed by atoms with Crippen molar-refractivity contribution in [3.05, 3.63) is 24.8 Å². The summed E-state index contributed by atoms with van der Waals surface area (Å²) in [7, 11) is 1.63. The number of rotatable bonds is 6. The Labute approximate surface area is 150 Å². The Bertz CT molecular complexity index is 864. The Morgan fingerprint density at radius 2 is 2.04 bits per heavy atom. The lowest BCUT2D eigenvalue weighted by atomic mass is 10.2. The van der Waals surface area contributed by atoms with Gasteiger partial charge in [0.15, 0.2) is 11.5 Å². The lowest BCUT2D eigenvalue weighted by Gasteiger charge is -2.29. The molecule has 4 rings (SSSR count). The monoisotopic (exact) mass is 356 g/mol. The lowest BCUT2D eigenvalue weighted by Crippen LogP contribution is -2.44. The quantitative estimate of drug-likeness (QED) is 0.659. The standard InChI is InChI=1S/C16H20N8O2/c1-25-14-8-12-13(9-15(14)26-7-6-24-11-20-21-22-24)18-10-19-16(12)23-4-2-17-3-5-23/h8-11,17H,2-7H2,1H3. The van der Waals surface area contributed by atoms with Crippen LogP contribution in [0.3, 0.4) is 0 Å². The smallest absolute Gasteiger partial charge is 0.163 e. The van der Waals surface area contributed by atoms with Crippen LogP contribution in [0.2, 0.25) is 0 Å². The van der Waals surface area contributed by atoms with E-state index in [1.165, 1.54) is 0 Å². The first-order valence-electron chi connectivity index (χ1n) is 8.47. The lowest BCUT2D eigenvalue weighted by molar-refractivity contribution is 0.273. The topological polar surface area (TPSA) is 103 Å². The first-order chi connectivity index (χ1) is 12.8. The van der Waals surface area contributed by atoms with Gasteiger partial charge < -0.3 is 19.7 Å². The highest BCUT2D eigenvalue weighted by atomic mass is 16.5. The van der Waals surface area contributed by atoms with Gasteiger partial charge in [0.1, 0.15) is 25.1 Å². The van der Waals surface area contributed by atoms with Gasteiger partial charge in [0.05, 0.1) is 19.2 Å². The van der Waals surface area contributed by atoms with Gasteiger partial charge in [0, 0.05) is 37.6 Å². The maximum Gasteiger partial charge on any atom is 0.163 e. The van der Waals surface area contributed by atoms with E-state index in [1.54, 1.807) is 24.4 Å². The van der Waals surface area contributed by atoms with E-state index in [2.05, 4.69) is 35.7 Å². The minimum atomic E-state index is 0.419. The van der Waals surface area contributed by atoms with Crippen LogP contribution >= 0.6 is 0 Å². The summed E-state index contributed by atoms with van der Waals surface area (Å²) in [5.41, 5.74) is 0.826. The largest absolute Gasteiger partial charge is 0.493 e. The van der Waals surface area contributed by atoms with Crippen molar-refractivity contribution in [2.75, 3.05) is 44.8 Å². The van der Waals surface area contributed by atoms with Crippen LogP contribution in [0.4, 0.5) is 5.82 Å². The molecule has 0 spiro atoms. The summed E-state index contributed by atoms with van der Waals surface area (Å²) < 4.78 is 13.0. The molecule has 3 heterocycles. The number of methoxy groups -OCH3 is 1. The van der Waals surface area contributed by atoms with Crippen molar-refractivity contribution in [1.29, 1.82) is 0 Å². The number of fused-ring (bicyclic) bond motifs is 1. The third kappa shape index (κ3) is 3.36. The second-order valence-corrected chi connectivity index (χ2v) is 5.88. The maximum atomic E-state index is 5.87. The van der Waals surface area contributed by atoms with Crippen LogP contribution in [0, 0.1) is 0 Å². The predicted octanol–water partition coefficient (Wildman–Crippen LogP) is 0.113. The molecule has 0 bridgehead atoms. The summed E-state index contributed by atoms with van der Waals surface area (Å²) in [4.78, 5) is 11.2. The molecule has 26 heavy (non-hydrogen) atoms. The molecule has 1 aliphatic heterocycles. The molecule has 0 atom stereocenters.